The second-order valence-electron chi connectivity index (χ2n) is 8.65. The molecular weight excluding hydrogens is 496 g/mol. The van der Waals surface area contributed by atoms with Crippen LogP contribution in [0.2, 0.25) is 0 Å². The Morgan fingerprint density at radius 1 is 0.921 bits per heavy atom. The summed E-state index contributed by atoms with van der Waals surface area (Å²) in [5, 5.41) is 4.78. The van der Waals surface area contributed by atoms with Crippen molar-refractivity contribution in [2.75, 3.05) is 19.0 Å². The van der Waals surface area contributed by atoms with Crippen molar-refractivity contribution in [1.82, 2.24) is 9.78 Å². The van der Waals surface area contributed by atoms with Crippen LogP contribution < -0.4 is 10.3 Å². The summed E-state index contributed by atoms with van der Waals surface area (Å²) in [6.45, 7) is 3.12. The summed E-state index contributed by atoms with van der Waals surface area (Å²) in [7, 11) is 0. The fourth-order valence-corrected chi connectivity index (χ4v) is 5.02. The zero-order valence-corrected chi connectivity index (χ0v) is 22.3. The molecule has 196 valence electrons. The van der Waals surface area contributed by atoms with Crippen molar-refractivity contribution in [3.8, 4) is 5.75 Å². The third kappa shape index (κ3) is 7.83. The topological polar surface area (TPSA) is 70.4 Å². The van der Waals surface area contributed by atoms with E-state index in [1.165, 1.54) is 0 Å². The molecule has 0 saturated heterocycles. The van der Waals surface area contributed by atoms with E-state index in [1.807, 2.05) is 66.7 Å². The Labute approximate surface area is 227 Å². The molecule has 1 aromatic heterocycles. The number of rotatable bonds is 13. The van der Waals surface area contributed by atoms with Gasteiger partial charge in [-0.15, -0.1) is 11.8 Å². The van der Waals surface area contributed by atoms with E-state index >= 15 is 0 Å². The molecule has 7 heteroatoms. The van der Waals surface area contributed by atoms with Gasteiger partial charge in [0.05, 0.1) is 31.4 Å². The SMILES string of the molecule is CCOC(=O)CCCOc1cccc(SCCn2nc(C(c3ccccc3)c3ccccc3)ccc2=O)c1. The number of esters is 1. The Morgan fingerprint density at radius 2 is 1.63 bits per heavy atom. The highest BCUT2D eigenvalue weighted by atomic mass is 32.2. The van der Waals surface area contributed by atoms with E-state index in [2.05, 4.69) is 24.3 Å². The number of aromatic nitrogens is 2. The molecule has 0 atom stereocenters. The standard InChI is InChI=1S/C31H32N2O4S/c1-2-36-30(35)17-10-21-37-26-15-9-16-27(23-26)38-22-20-33-29(34)19-18-28(32-33)31(24-11-5-3-6-12-24)25-13-7-4-8-14-25/h3-9,11-16,18-19,23,31H,2,10,17,20-22H2,1H3. The Bertz CT molecular complexity index is 1320. The molecule has 0 bridgehead atoms. The Balaban J connectivity index is 1.39. The first-order valence-electron chi connectivity index (χ1n) is 12.8. The lowest BCUT2D eigenvalue weighted by atomic mass is 9.88. The molecule has 0 spiro atoms. The van der Waals surface area contributed by atoms with Crippen LogP contribution in [0.1, 0.15) is 42.5 Å². The van der Waals surface area contributed by atoms with Crippen molar-refractivity contribution in [2.24, 2.45) is 0 Å². The van der Waals surface area contributed by atoms with Gasteiger partial charge < -0.3 is 9.47 Å². The minimum Gasteiger partial charge on any atom is -0.494 e. The molecule has 4 rings (SSSR count). The van der Waals surface area contributed by atoms with Crippen molar-refractivity contribution in [1.29, 1.82) is 0 Å². The van der Waals surface area contributed by atoms with Crippen LogP contribution in [-0.2, 0) is 16.1 Å². The maximum Gasteiger partial charge on any atom is 0.305 e. The van der Waals surface area contributed by atoms with E-state index in [0.717, 1.165) is 27.5 Å². The van der Waals surface area contributed by atoms with Crippen molar-refractivity contribution >= 4 is 17.7 Å². The number of ether oxygens (including phenoxy) is 2. The van der Waals surface area contributed by atoms with Gasteiger partial charge in [0.2, 0.25) is 0 Å². The van der Waals surface area contributed by atoms with Gasteiger partial charge in [-0.05, 0) is 48.7 Å². The van der Waals surface area contributed by atoms with Gasteiger partial charge in [-0.1, -0.05) is 66.7 Å². The maximum absolute atomic E-state index is 12.6. The van der Waals surface area contributed by atoms with Gasteiger partial charge in [0.15, 0.2) is 0 Å². The van der Waals surface area contributed by atoms with E-state index in [1.54, 1.807) is 29.4 Å². The molecule has 38 heavy (non-hydrogen) atoms. The number of aryl methyl sites for hydroxylation is 1. The van der Waals surface area contributed by atoms with Crippen LogP contribution in [0.5, 0.6) is 5.75 Å². The summed E-state index contributed by atoms with van der Waals surface area (Å²) in [5.74, 6) is 1.18. The molecule has 0 unspecified atom stereocenters. The van der Waals surface area contributed by atoms with Gasteiger partial charge in [0.1, 0.15) is 5.75 Å². The highest BCUT2D eigenvalue weighted by molar-refractivity contribution is 7.99. The first-order valence-corrected chi connectivity index (χ1v) is 13.8. The lowest BCUT2D eigenvalue weighted by molar-refractivity contribution is -0.143. The lowest BCUT2D eigenvalue weighted by Crippen LogP contribution is -2.25. The fourth-order valence-electron chi connectivity index (χ4n) is 4.15. The first-order chi connectivity index (χ1) is 18.6. The summed E-state index contributed by atoms with van der Waals surface area (Å²) in [5.41, 5.74) is 2.98. The third-order valence-corrected chi connectivity index (χ3v) is 6.90. The molecule has 4 aromatic rings. The average Bonchev–Trinajstić information content (AvgIpc) is 2.94. The molecule has 0 aliphatic rings. The van der Waals surface area contributed by atoms with Gasteiger partial charge in [-0.2, -0.15) is 5.10 Å². The second-order valence-corrected chi connectivity index (χ2v) is 9.82. The lowest BCUT2D eigenvalue weighted by Gasteiger charge is -2.18. The number of benzene rings is 3. The Morgan fingerprint density at radius 3 is 2.32 bits per heavy atom. The van der Waals surface area contributed by atoms with Crippen LogP contribution in [0.25, 0.3) is 0 Å². The summed E-state index contributed by atoms with van der Waals surface area (Å²) in [6.07, 6.45) is 0.951. The van der Waals surface area contributed by atoms with Crippen LogP contribution in [-0.4, -0.2) is 34.7 Å². The molecule has 0 aliphatic heterocycles. The monoisotopic (exact) mass is 528 g/mol. The number of nitrogens with zero attached hydrogens (tertiary/aromatic N) is 2. The molecule has 0 aliphatic carbocycles. The van der Waals surface area contributed by atoms with E-state index in [0.29, 0.717) is 38.4 Å². The van der Waals surface area contributed by atoms with E-state index in [-0.39, 0.29) is 17.4 Å². The molecule has 6 nitrogen and oxygen atoms in total. The van der Waals surface area contributed by atoms with Crippen molar-refractivity contribution < 1.29 is 14.3 Å². The van der Waals surface area contributed by atoms with Crippen LogP contribution in [0.15, 0.2) is 107 Å². The highest BCUT2D eigenvalue weighted by Gasteiger charge is 2.19. The van der Waals surface area contributed by atoms with E-state index in [4.69, 9.17) is 14.6 Å². The van der Waals surface area contributed by atoms with Crippen molar-refractivity contribution in [3.63, 3.8) is 0 Å². The summed E-state index contributed by atoms with van der Waals surface area (Å²) in [6, 6.07) is 31.7. The molecule has 0 amide bonds. The average molecular weight is 529 g/mol. The van der Waals surface area contributed by atoms with E-state index in [9.17, 15) is 9.59 Å². The molecule has 3 aromatic carbocycles. The summed E-state index contributed by atoms with van der Waals surface area (Å²) >= 11 is 1.64. The van der Waals surface area contributed by atoms with Gasteiger partial charge in [-0.3, -0.25) is 9.59 Å². The molecular formula is C31H32N2O4S. The zero-order chi connectivity index (χ0) is 26.6. The molecule has 1 heterocycles. The van der Waals surface area contributed by atoms with Crippen molar-refractivity contribution in [2.45, 2.75) is 37.1 Å². The third-order valence-electron chi connectivity index (χ3n) is 5.93. The zero-order valence-electron chi connectivity index (χ0n) is 21.5. The minimum atomic E-state index is -0.202. The maximum atomic E-state index is 12.6. The van der Waals surface area contributed by atoms with E-state index < -0.39 is 0 Å². The number of carbonyl (C=O) groups excluding carboxylic acids is 1. The fraction of sp³-hybridized carbons (Fsp3) is 0.258. The van der Waals surface area contributed by atoms with Crippen LogP contribution in [0, 0.1) is 0 Å². The molecule has 0 N–H and O–H groups in total. The Kier molecular flexibility index (Phi) is 10.2. The normalized spacial score (nSPS) is 10.9. The number of carbonyl (C=O) groups is 1. The van der Waals surface area contributed by atoms with Gasteiger partial charge >= 0.3 is 5.97 Å². The highest BCUT2D eigenvalue weighted by Crippen LogP contribution is 2.30. The predicted octanol–water partition coefficient (Wildman–Crippen LogP) is 5.94. The summed E-state index contributed by atoms with van der Waals surface area (Å²) in [4.78, 5) is 25.1. The van der Waals surface area contributed by atoms with Gasteiger partial charge in [-0.25, -0.2) is 4.68 Å². The molecule has 0 saturated carbocycles. The van der Waals surface area contributed by atoms with Gasteiger partial charge in [0.25, 0.3) is 5.56 Å². The van der Waals surface area contributed by atoms with Crippen LogP contribution in [0.4, 0.5) is 0 Å². The smallest absolute Gasteiger partial charge is 0.305 e. The van der Waals surface area contributed by atoms with Crippen molar-refractivity contribution in [3.05, 3.63) is 124 Å². The number of thioether (sulfide) groups is 1. The Hall–Kier alpha value is -3.84. The predicted molar refractivity (Wildman–Crippen MR) is 151 cm³/mol. The van der Waals surface area contributed by atoms with Crippen LogP contribution in [0.3, 0.4) is 0 Å². The minimum absolute atomic E-state index is 0.0606. The van der Waals surface area contributed by atoms with Gasteiger partial charge in [0, 0.05) is 23.1 Å². The largest absolute Gasteiger partial charge is 0.494 e. The number of hydrogen-bond acceptors (Lipinski definition) is 6. The number of hydrogen-bond donors (Lipinski definition) is 0. The first kappa shape index (κ1) is 27.2. The second kappa shape index (κ2) is 14.2. The summed E-state index contributed by atoms with van der Waals surface area (Å²) < 4.78 is 12.3. The quantitative estimate of drug-likeness (QED) is 0.122. The molecule has 0 radical (unpaired) electrons. The van der Waals surface area contributed by atoms with Crippen LogP contribution >= 0.6 is 11.8 Å². The molecule has 0 fully saturated rings.